The van der Waals surface area contributed by atoms with Gasteiger partial charge in [0, 0.05) is 20.3 Å². The van der Waals surface area contributed by atoms with Gasteiger partial charge in [0.05, 0.1) is 18.3 Å². The molecule has 0 aromatic rings. The highest BCUT2D eigenvalue weighted by Crippen LogP contribution is 2.39. The molecule has 116 valence electrons. The number of hydrogen-bond donors (Lipinski definition) is 0. The molecule has 3 nitrogen and oxygen atoms in total. The van der Waals surface area contributed by atoms with Crippen molar-refractivity contribution < 1.29 is 14.2 Å². The van der Waals surface area contributed by atoms with Crippen LogP contribution in [0.5, 0.6) is 0 Å². The van der Waals surface area contributed by atoms with Crippen molar-refractivity contribution in [2.75, 3.05) is 20.3 Å². The van der Waals surface area contributed by atoms with Crippen LogP contribution in [-0.2, 0) is 14.2 Å². The third-order valence-electron chi connectivity index (χ3n) is 5.53. The van der Waals surface area contributed by atoms with Crippen molar-refractivity contribution in [1.82, 2.24) is 0 Å². The number of rotatable bonds is 9. The van der Waals surface area contributed by atoms with Gasteiger partial charge in [-0.3, -0.25) is 0 Å². The van der Waals surface area contributed by atoms with Crippen LogP contribution in [0.4, 0.5) is 0 Å². The quantitative estimate of drug-likeness (QED) is 0.647. The summed E-state index contributed by atoms with van der Waals surface area (Å²) in [4.78, 5) is 0. The third-order valence-corrected chi connectivity index (χ3v) is 5.53. The van der Waals surface area contributed by atoms with Gasteiger partial charge in [-0.25, -0.2) is 0 Å². The summed E-state index contributed by atoms with van der Waals surface area (Å²) in [5.41, 5.74) is 0. The maximum absolute atomic E-state index is 5.88. The molecule has 3 rings (SSSR count). The minimum Gasteiger partial charge on any atom is -0.381 e. The van der Waals surface area contributed by atoms with Gasteiger partial charge in [-0.15, -0.1) is 0 Å². The van der Waals surface area contributed by atoms with Crippen LogP contribution < -0.4 is 0 Å². The average molecular weight is 282 g/mol. The molecule has 3 heteroatoms. The van der Waals surface area contributed by atoms with Crippen LogP contribution in [0.2, 0.25) is 0 Å². The van der Waals surface area contributed by atoms with Crippen LogP contribution in [0, 0.1) is 11.8 Å². The van der Waals surface area contributed by atoms with Gasteiger partial charge < -0.3 is 14.2 Å². The topological polar surface area (TPSA) is 27.7 Å². The Kier molecular flexibility index (Phi) is 5.36. The van der Waals surface area contributed by atoms with Gasteiger partial charge in [-0.1, -0.05) is 0 Å². The van der Waals surface area contributed by atoms with Crippen LogP contribution in [-0.4, -0.2) is 38.6 Å². The maximum atomic E-state index is 5.88. The summed E-state index contributed by atoms with van der Waals surface area (Å²) in [6, 6.07) is 0. The number of ether oxygens (including phenoxy) is 3. The third kappa shape index (κ3) is 3.96. The molecule has 0 atom stereocenters. The van der Waals surface area contributed by atoms with Crippen molar-refractivity contribution in [3.8, 4) is 0 Å². The zero-order valence-corrected chi connectivity index (χ0v) is 12.9. The molecule has 0 aromatic heterocycles. The fourth-order valence-electron chi connectivity index (χ4n) is 3.53. The van der Waals surface area contributed by atoms with Crippen LogP contribution in [0.25, 0.3) is 0 Å². The standard InChI is InChI=1S/C17H30O3/c1-18-16-11-17(12-16)20-8-6-14-9-13(10-14)5-7-19-15-3-2-4-15/h13-17H,2-12H2,1H3. The lowest BCUT2D eigenvalue weighted by Gasteiger charge is -2.38. The number of hydrogen-bond acceptors (Lipinski definition) is 3. The summed E-state index contributed by atoms with van der Waals surface area (Å²) in [7, 11) is 1.80. The summed E-state index contributed by atoms with van der Waals surface area (Å²) in [6.07, 6.45) is 13.1. The van der Waals surface area contributed by atoms with Gasteiger partial charge in [-0.2, -0.15) is 0 Å². The van der Waals surface area contributed by atoms with Crippen molar-refractivity contribution in [2.45, 2.75) is 76.1 Å². The van der Waals surface area contributed by atoms with Crippen molar-refractivity contribution in [2.24, 2.45) is 11.8 Å². The molecule has 0 radical (unpaired) electrons. The predicted molar refractivity (Wildman–Crippen MR) is 78.8 cm³/mol. The molecule has 0 bridgehead atoms. The van der Waals surface area contributed by atoms with Crippen LogP contribution >= 0.6 is 0 Å². The van der Waals surface area contributed by atoms with Gasteiger partial charge in [0.25, 0.3) is 0 Å². The summed E-state index contributed by atoms with van der Waals surface area (Å²) in [5.74, 6) is 1.85. The summed E-state index contributed by atoms with van der Waals surface area (Å²) >= 11 is 0. The van der Waals surface area contributed by atoms with Crippen molar-refractivity contribution in [1.29, 1.82) is 0 Å². The van der Waals surface area contributed by atoms with Gasteiger partial charge in [-0.05, 0) is 69.6 Å². The van der Waals surface area contributed by atoms with Crippen molar-refractivity contribution >= 4 is 0 Å². The van der Waals surface area contributed by atoms with E-state index in [1.165, 1.54) is 44.9 Å². The second-order valence-electron chi connectivity index (χ2n) is 7.03. The molecule has 0 heterocycles. The zero-order chi connectivity index (χ0) is 13.8. The molecule has 0 amide bonds. The fourth-order valence-corrected chi connectivity index (χ4v) is 3.53. The van der Waals surface area contributed by atoms with Crippen LogP contribution in [0.3, 0.4) is 0 Å². The molecule has 0 spiro atoms. The predicted octanol–water partition coefficient (Wildman–Crippen LogP) is 3.56. The lowest BCUT2D eigenvalue weighted by Crippen LogP contribution is -2.37. The molecule has 0 unspecified atom stereocenters. The van der Waals surface area contributed by atoms with E-state index in [2.05, 4.69) is 0 Å². The van der Waals surface area contributed by atoms with E-state index in [0.717, 1.165) is 37.9 Å². The first-order valence-electron chi connectivity index (χ1n) is 8.59. The van der Waals surface area contributed by atoms with E-state index in [0.29, 0.717) is 18.3 Å². The Morgan fingerprint density at radius 2 is 1.35 bits per heavy atom. The minimum absolute atomic E-state index is 0.462. The highest BCUT2D eigenvalue weighted by molar-refractivity contribution is 4.82. The Morgan fingerprint density at radius 1 is 0.750 bits per heavy atom. The van der Waals surface area contributed by atoms with E-state index in [1.54, 1.807) is 7.11 Å². The first kappa shape index (κ1) is 14.8. The smallest absolute Gasteiger partial charge is 0.0624 e. The molecule has 20 heavy (non-hydrogen) atoms. The Labute approximate surface area is 123 Å². The molecule has 3 fully saturated rings. The maximum Gasteiger partial charge on any atom is 0.0624 e. The Morgan fingerprint density at radius 3 is 1.85 bits per heavy atom. The molecule has 3 aliphatic carbocycles. The zero-order valence-electron chi connectivity index (χ0n) is 12.9. The monoisotopic (exact) mass is 282 g/mol. The first-order valence-corrected chi connectivity index (χ1v) is 8.59. The second-order valence-corrected chi connectivity index (χ2v) is 7.03. The molecule has 0 N–H and O–H groups in total. The first-order chi connectivity index (χ1) is 9.83. The van der Waals surface area contributed by atoms with E-state index in [-0.39, 0.29) is 0 Å². The van der Waals surface area contributed by atoms with Crippen molar-refractivity contribution in [3.05, 3.63) is 0 Å². The molecule has 3 aliphatic rings. The van der Waals surface area contributed by atoms with Crippen molar-refractivity contribution in [3.63, 3.8) is 0 Å². The van der Waals surface area contributed by atoms with E-state index in [9.17, 15) is 0 Å². The molecule has 0 aliphatic heterocycles. The summed E-state index contributed by atoms with van der Waals surface area (Å²) in [6.45, 7) is 1.95. The lowest BCUT2D eigenvalue weighted by molar-refractivity contribution is -0.0915. The Bertz CT molecular complexity index is 278. The van der Waals surface area contributed by atoms with Gasteiger partial charge in [0.1, 0.15) is 0 Å². The SMILES string of the molecule is COC1CC(OCCC2CC(CCOC3CCC3)C2)C1. The Balaban J connectivity index is 1.13. The molecule has 0 saturated heterocycles. The summed E-state index contributed by atoms with van der Waals surface area (Å²) < 4.78 is 17.0. The van der Waals surface area contributed by atoms with Gasteiger partial charge >= 0.3 is 0 Å². The summed E-state index contributed by atoms with van der Waals surface area (Å²) in [5, 5.41) is 0. The van der Waals surface area contributed by atoms with E-state index >= 15 is 0 Å². The van der Waals surface area contributed by atoms with Crippen LogP contribution in [0.1, 0.15) is 57.8 Å². The van der Waals surface area contributed by atoms with Gasteiger partial charge in [0.15, 0.2) is 0 Å². The molecule has 0 aromatic carbocycles. The highest BCUT2D eigenvalue weighted by atomic mass is 16.5. The molecular weight excluding hydrogens is 252 g/mol. The second kappa shape index (κ2) is 7.24. The lowest BCUT2D eigenvalue weighted by atomic mass is 9.72. The normalized spacial score (nSPS) is 37.0. The van der Waals surface area contributed by atoms with E-state index in [1.807, 2.05) is 0 Å². The largest absolute Gasteiger partial charge is 0.381 e. The molecule has 3 saturated carbocycles. The van der Waals surface area contributed by atoms with Gasteiger partial charge in [0.2, 0.25) is 0 Å². The van der Waals surface area contributed by atoms with Crippen LogP contribution in [0.15, 0.2) is 0 Å². The highest BCUT2D eigenvalue weighted by Gasteiger charge is 2.32. The number of methoxy groups -OCH3 is 1. The average Bonchev–Trinajstić information content (AvgIpc) is 2.29. The molecular formula is C17H30O3. The van der Waals surface area contributed by atoms with E-state index in [4.69, 9.17) is 14.2 Å². The van der Waals surface area contributed by atoms with E-state index < -0.39 is 0 Å². The minimum atomic E-state index is 0.462. The fraction of sp³-hybridized carbons (Fsp3) is 1.00. The Hall–Kier alpha value is -0.120.